The summed E-state index contributed by atoms with van der Waals surface area (Å²) in [6.07, 6.45) is 4.18. The molecule has 0 bridgehead atoms. The maximum atomic E-state index is 12.8. The van der Waals surface area contributed by atoms with Crippen LogP contribution in [-0.4, -0.2) is 57.6 Å². The third-order valence-electron chi connectivity index (χ3n) is 6.28. The molecule has 2 aromatic heterocycles. The Hall–Kier alpha value is -2.16. The number of aryl methyl sites for hydroxylation is 2. The van der Waals surface area contributed by atoms with Crippen molar-refractivity contribution < 1.29 is 4.79 Å². The molecule has 3 aromatic rings. The summed E-state index contributed by atoms with van der Waals surface area (Å²) < 4.78 is 0. The monoisotopic (exact) mass is 468 g/mol. The van der Waals surface area contributed by atoms with Gasteiger partial charge in [-0.15, -0.1) is 23.1 Å². The van der Waals surface area contributed by atoms with Gasteiger partial charge in [0.25, 0.3) is 5.56 Å². The van der Waals surface area contributed by atoms with E-state index in [0.717, 1.165) is 68.6 Å². The Bertz CT molecular complexity index is 1160. The first-order valence-electron chi connectivity index (χ1n) is 11.3. The van der Waals surface area contributed by atoms with Gasteiger partial charge in [-0.3, -0.25) is 14.5 Å². The smallest absolute Gasteiger partial charge is 0.259 e. The fourth-order valence-electron chi connectivity index (χ4n) is 4.66. The van der Waals surface area contributed by atoms with Crippen molar-refractivity contribution in [2.24, 2.45) is 0 Å². The highest BCUT2D eigenvalue weighted by Gasteiger charge is 2.22. The number of thiophene rings is 1. The first-order valence-corrected chi connectivity index (χ1v) is 13.3. The average Bonchev–Trinajstić information content (AvgIpc) is 3.29. The van der Waals surface area contributed by atoms with Crippen molar-refractivity contribution in [1.82, 2.24) is 19.8 Å². The Kier molecular flexibility index (Phi) is 6.62. The SMILES string of the molecule is O=C(CSCc1nc2sc3c(c2c(=O)[nH]1)CCC3)N1CCCN(Cc2ccccc2)CC1. The predicted octanol–water partition coefficient (Wildman–Crippen LogP) is 3.44. The lowest BCUT2D eigenvalue weighted by molar-refractivity contribution is -0.128. The third-order valence-corrected chi connectivity index (χ3v) is 8.39. The maximum Gasteiger partial charge on any atom is 0.259 e. The first kappa shape index (κ1) is 21.7. The predicted molar refractivity (Wildman–Crippen MR) is 131 cm³/mol. The van der Waals surface area contributed by atoms with Crippen molar-refractivity contribution in [2.75, 3.05) is 31.9 Å². The van der Waals surface area contributed by atoms with Gasteiger partial charge in [0.2, 0.25) is 5.91 Å². The van der Waals surface area contributed by atoms with Crippen LogP contribution in [0.2, 0.25) is 0 Å². The molecular formula is C24H28N4O2S2. The average molecular weight is 469 g/mol. The number of amides is 1. The van der Waals surface area contributed by atoms with Crippen LogP contribution in [0.3, 0.4) is 0 Å². The first-order chi connectivity index (χ1) is 15.7. The zero-order valence-electron chi connectivity index (χ0n) is 18.1. The highest BCUT2D eigenvalue weighted by atomic mass is 32.2. The summed E-state index contributed by atoms with van der Waals surface area (Å²) in [5.74, 6) is 1.81. The molecule has 2 aliphatic rings. The van der Waals surface area contributed by atoms with E-state index in [1.165, 1.54) is 27.8 Å². The number of hydrogen-bond donors (Lipinski definition) is 1. The van der Waals surface area contributed by atoms with Gasteiger partial charge < -0.3 is 9.88 Å². The summed E-state index contributed by atoms with van der Waals surface area (Å²) in [5.41, 5.74) is 2.50. The van der Waals surface area contributed by atoms with E-state index < -0.39 is 0 Å². The molecule has 1 amide bonds. The molecule has 1 fully saturated rings. The van der Waals surface area contributed by atoms with Gasteiger partial charge in [0, 0.05) is 37.6 Å². The molecule has 1 aromatic carbocycles. The summed E-state index contributed by atoms with van der Waals surface area (Å²) in [4.78, 5) is 39.6. The molecule has 1 aliphatic carbocycles. The Balaban J connectivity index is 1.13. The molecule has 8 heteroatoms. The van der Waals surface area contributed by atoms with Gasteiger partial charge >= 0.3 is 0 Å². The number of rotatable bonds is 6. The van der Waals surface area contributed by atoms with E-state index in [2.05, 4.69) is 39.1 Å². The molecule has 1 saturated heterocycles. The number of fused-ring (bicyclic) bond motifs is 3. The molecule has 1 N–H and O–H groups in total. The van der Waals surface area contributed by atoms with Crippen molar-refractivity contribution in [3.05, 3.63) is 62.5 Å². The lowest BCUT2D eigenvalue weighted by Gasteiger charge is -2.22. The van der Waals surface area contributed by atoms with Crippen LogP contribution in [-0.2, 0) is 29.9 Å². The van der Waals surface area contributed by atoms with Crippen LogP contribution in [0, 0.1) is 0 Å². The second-order valence-electron chi connectivity index (χ2n) is 8.54. The number of H-pyrrole nitrogens is 1. The second kappa shape index (κ2) is 9.77. The van der Waals surface area contributed by atoms with Gasteiger partial charge in [-0.05, 0) is 36.8 Å². The van der Waals surface area contributed by atoms with Crippen molar-refractivity contribution >= 4 is 39.2 Å². The van der Waals surface area contributed by atoms with E-state index >= 15 is 0 Å². The van der Waals surface area contributed by atoms with Crippen molar-refractivity contribution in [2.45, 2.75) is 38.0 Å². The van der Waals surface area contributed by atoms with Gasteiger partial charge in [0.1, 0.15) is 10.7 Å². The minimum Gasteiger partial charge on any atom is -0.341 e. The second-order valence-corrected chi connectivity index (χ2v) is 10.6. The number of carbonyl (C=O) groups is 1. The number of nitrogens with zero attached hydrogens (tertiary/aromatic N) is 3. The largest absolute Gasteiger partial charge is 0.341 e. The van der Waals surface area contributed by atoms with Gasteiger partial charge in [-0.1, -0.05) is 30.3 Å². The van der Waals surface area contributed by atoms with Gasteiger partial charge in [0.05, 0.1) is 16.9 Å². The molecule has 0 spiro atoms. The molecule has 0 atom stereocenters. The standard InChI is InChI=1S/C24H28N4O2S2/c29-21(28-11-5-10-27(12-13-28)14-17-6-2-1-3-7-17)16-31-15-20-25-23(30)22-18-8-4-9-19(18)32-24(22)26-20/h1-3,6-7H,4-5,8-16H2,(H,25,26,30). The summed E-state index contributed by atoms with van der Waals surface area (Å²) in [6, 6.07) is 10.5. The summed E-state index contributed by atoms with van der Waals surface area (Å²) in [6.45, 7) is 4.44. The van der Waals surface area contributed by atoms with E-state index in [0.29, 0.717) is 17.3 Å². The fraction of sp³-hybridized carbons (Fsp3) is 0.458. The lowest BCUT2D eigenvalue weighted by atomic mass is 10.2. The highest BCUT2D eigenvalue weighted by Crippen LogP contribution is 2.34. The molecule has 1 aliphatic heterocycles. The Morgan fingerprint density at radius 3 is 2.84 bits per heavy atom. The number of aromatic nitrogens is 2. The number of benzene rings is 1. The van der Waals surface area contributed by atoms with Crippen LogP contribution in [0.4, 0.5) is 0 Å². The van der Waals surface area contributed by atoms with Crippen LogP contribution in [0.1, 0.15) is 34.7 Å². The summed E-state index contributed by atoms with van der Waals surface area (Å²) in [5, 5.41) is 0.789. The molecule has 5 rings (SSSR count). The zero-order valence-corrected chi connectivity index (χ0v) is 19.8. The van der Waals surface area contributed by atoms with Crippen LogP contribution < -0.4 is 5.56 Å². The topological polar surface area (TPSA) is 69.3 Å². The number of thioether (sulfide) groups is 1. The quantitative estimate of drug-likeness (QED) is 0.600. The minimum atomic E-state index is -0.0256. The molecular weight excluding hydrogens is 440 g/mol. The molecule has 6 nitrogen and oxygen atoms in total. The van der Waals surface area contributed by atoms with Gasteiger partial charge in [0.15, 0.2) is 0 Å². The van der Waals surface area contributed by atoms with E-state index in [1.807, 2.05) is 11.0 Å². The number of carbonyl (C=O) groups excluding carboxylic acids is 1. The lowest BCUT2D eigenvalue weighted by Crippen LogP contribution is -2.36. The number of aromatic amines is 1. The Morgan fingerprint density at radius 1 is 1.09 bits per heavy atom. The Morgan fingerprint density at radius 2 is 1.97 bits per heavy atom. The molecule has 168 valence electrons. The highest BCUT2D eigenvalue weighted by molar-refractivity contribution is 7.99. The molecule has 0 unspecified atom stereocenters. The minimum absolute atomic E-state index is 0.0256. The van der Waals surface area contributed by atoms with Crippen molar-refractivity contribution in [3.8, 4) is 0 Å². The fourth-order valence-corrected chi connectivity index (χ4v) is 6.73. The van der Waals surface area contributed by atoms with E-state index in [-0.39, 0.29) is 11.5 Å². The molecule has 0 saturated carbocycles. The van der Waals surface area contributed by atoms with Gasteiger partial charge in [-0.25, -0.2) is 4.98 Å². The van der Waals surface area contributed by atoms with Crippen molar-refractivity contribution in [1.29, 1.82) is 0 Å². The van der Waals surface area contributed by atoms with Crippen LogP contribution in [0.25, 0.3) is 10.2 Å². The Labute approximate surface area is 196 Å². The molecule has 3 heterocycles. The van der Waals surface area contributed by atoms with E-state index in [9.17, 15) is 9.59 Å². The number of nitrogens with one attached hydrogen (secondary N) is 1. The third kappa shape index (κ3) is 4.77. The molecule has 0 radical (unpaired) electrons. The van der Waals surface area contributed by atoms with Crippen LogP contribution >= 0.6 is 23.1 Å². The van der Waals surface area contributed by atoms with E-state index in [4.69, 9.17) is 0 Å². The maximum absolute atomic E-state index is 12.8. The van der Waals surface area contributed by atoms with Crippen LogP contribution in [0.5, 0.6) is 0 Å². The van der Waals surface area contributed by atoms with Gasteiger partial charge in [-0.2, -0.15) is 0 Å². The molecule has 32 heavy (non-hydrogen) atoms. The number of hydrogen-bond acceptors (Lipinski definition) is 6. The van der Waals surface area contributed by atoms with E-state index in [1.54, 1.807) is 11.3 Å². The van der Waals surface area contributed by atoms with Crippen molar-refractivity contribution in [3.63, 3.8) is 0 Å². The summed E-state index contributed by atoms with van der Waals surface area (Å²) >= 11 is 3.19. The normalized spacial score (nSPS) is 16.9. The summed E-state index contributed by atoms with van der Waals surface area (Å²) in [7, 11) is 0. The van der Waals surface area contributed by atoms with Crippen LogP contribution in [0.15, 0.2) is 35.1 Å². The zero-order chi connectivity index (χ0) is 21.9.